The van der Waals surface area contributed by atoms with Gasteiger partial charge in [0.1, 0.15) is 28.8 Å². The molecular formula is C20H23FN6O3. The maximum atomic E-state index is 13.2. The lowest BCUT2D eigenvalue weighted by Crippen LogP contribution is -2.39. The molecule has 10 heteroatoms. The van der Waals surface area contributed by atoms with Gasteiger partial charge in [-0.25, -0.2) is 4.39 Å². The molecule has 0 spiro atoms. The van der Waals surface area contributed by atoms with Crippen LogP contribution in [0.3, 0.4) is 0 Å². The topological polar surface area (TPSA) is 107 Å². The molecule has 0 unspecified atom stereocenters. The molecule has 2 N–H and O–H groups in total. The summed E-state index contributed by atoms with van der Waals surface area (Å²) < 4.78 is 25.3. The fraction of sp³-hybridized carbons (Fsp3) is 0.400. The number of anilines is 1. The van der Waals surface area contributed by atoms with Crippen LogP contribution in [-0.2, 0) is 18.3 Å². The van der Waals surface area contributed by atoms with Crippen LogP contribution in [0.4, 0.5) is 10.2 Å². The van der Waals surface area contributed by atoms with Crippen molar-refractivity contribution < 1.29 is 18.4 Å². The van der Waals surface area contributed by atoms with Crippen molar-refractivity contribution in [1.82, 2.24) is 25.2 Å². The van der Waals surface area contributed by atoms with E-state index in [0.29, 0.717) is 48.4 Å². The first-order chi connectivity index (χ1) is 14.5. The van der Waals surface area contributed by atoms with Crippen LogP contribution in [0.15, 0.2) is 28.9 Å². The molecule has 1 saturated heterocycles. The molecule has 9 nitrogen and oxygen atoms in total. The first kappa shape index (κ1) is 20.0. The van der Waals surface area contributed by atoms with Gasteiger partial charge < -0.3 is 19.9 Å². The van der Waals surface area contributed by atoms with Gasteiger partial charge in [-0.05, 0) is 31.9 Å². The molecule has 0 radical (unpaired) electrons. The standard InChI is InChI=1S/C20H23FN6O3/c1-12-15(19(26-30-12)16-4-3-13(21)10-22-16)11-23-18-9-17(27(2)25-18)20(28)24-14-5-7-29-8-6-14/h3-4,9-10,14H,5-8,11H2,1-2H3,(H,23,25)(H,24,28). The minimum Gasteiger partial charge on any atom is -0.381 e. The third kappa shape index (κ3) is 4.33. The summed E-state index contributed by atoms with van der Waals surface area (Å²) in [6, 6.07) is 4.69. The van der Waals surface area contributed by atoms with Gasteiger partial charge in [-0.3, -0.25) is 14.5 Å². The van der Waals surface area contributed by atoms with Crippen LogP contribution in [0.5, 0.6) is 0 Å². The van der Waals surface area contributed by atoms with Crippen molar-refractivity contribution in [2.24, 2.45) is 7.05 Å². The predicted molar refractivity (Wildman–Crippen MR) is 106 cm³/mol. The highest BCUT2D eigenvalue weighted by Crippen LogP contribution is 2.24. The van der Waals surface area contributed by atoms with Crippen molar-refractivity contribution in [1.29, 1.82) is 0 Å². The number of aromatic nitrogens is 4. The molecule has 0 aromatic carbocycles. The van der Waals surface area contributed by atoms with E-state index in [-0.39, 0.29) is 11.9 Å². The number of ether oxygens (including phenoxy) is 1. The molecule has 1 aliphatic rings. The van der Waals surface area contributed by atoms with Crippen molar-refractivity contribution >= 4 is 11.7 Å². The number of carbonyl (C=O) groups excluding carboxylic acids is 1. The zero-order valence-electron chi connectivity index (χ0n) is 16.8. The Hall–Kier alpha value is -3.27. The monoisotopic (exact) mass is 414 g/mol. The second-order valence-electron chi connectivity index (χ2n) is 7.18. The summed E-state index contributed by atoms with van der Waals surface area (Å²) in [4.78, 5) is 16.7. The minimum absolute atomic E-state index is 0.114. The lowest BCUT2D eigenvalue weighted by atomic mass is 10.1. The number of hydrogen-bond acceptors (Lipinski definition) is 7. The number of aryl methyl sites for hydroxylation is 2. The summed E-state index contributed by atoms with van der Waals surface area (Å²) in [6.45, 7) is 3.48. The number of carbonyl (C=O) groups is 1. The van der Waals surface area contributed by atoms with Gasteiger partial charge >= 0.3 is 0 Å². The molecule has 1 amide bonds. The second-order valence-corrected chi connectivity index (χ2v) is 7.18. The number of halogens is 1. The smallest absolute Gasteiger partial charge is 0.269 e. The number of hydrogen-bond donors (Lipinski definition) is 2. The van der Waals surface area contributed by atoms with Crippen molar-refractivity contribution in [3.05, 3.63) is 47.2 Å². The van der Waals surface area contributed by atoms with E-state index in [1.54, 1.807) is 30.8 Å². The number of pyridine rings is 1. The van der Waals surface area contributed by atoms with Crippen LogP contribution in [-0.4, -0.2) is 45.1 Å². The lowest BCUT2D eigenvalue weighted by Gasteiger charge is -2.22. The van der Waals surface area contributed by atoms with E-state index in [4.69, 9.17) is 9.26 Å². The van der Waals surface area contributed by atoms with Crippen LogP contribution < -0.4 is 10.6 Å². The third-order valence-corrected chi connectivity index (χ3v) is 5.07. The average molecular weight is 414 g/mol. The Morgan fingerprint density at radius 1 is 1.33 bits per heavy atom. The van der Waals surface area contributed by atoms with E-state index in [9.17, 15) is 9.18 Å². The first-order valence-electron chi connectivity index (χ1n) is 9.75. The van der Waals surface area contributed by atoms with Gasteiger partial charge in [-0.2, -0.15) is 5.10 Å². The SMILES string of the molecule is Cc1onc(-c2ccc(F)cn2)c1CNc1cc(C(=O)NC2CCOCC2)n(C)n1. The van der Waals surface area contributed by atoms with E-state index < -0.39 is 5.82 Å². The Morgan fingerprint density at radius 3 is 2.87 bits per heavy atom. The largest absolute Gasteiger partial charge is 0.381 e. The summed E-state index contributed by atoms with van der Waals surface area (Å²) in [5.41, 5.74) is 2.30. The highest BCUT2D eigenvalue weighted by molar-refractivity contribution is 5.93. The Kier molecular flexibility index (Phi) is 5.75. The zero-order chi connectivity index (χ0) is 21.1. The Balaban J connectivity index is 1.45. The molecule has 0 saturated carbocycles. The van der Waals surface area contributed by atoms with Crippen molar-refractivity contribution in [3.63, 3.8) is 0 Å². The van der Waals surface area contributed by atoms with Gasteiger partial charge in [0.15, 0.2) is 0 Å². The van der Waals surface area contributed by atoms with Gasteiger partial charge in [0.25, 0.3) is 5.91 Å². The molecular weight excluding hydrogens is 391 g/mol. The maximum absolute atomic E-state index is 13.2. The van der Waals surface area contributed by atoms with Crippen LogP contribution >= 0.6 is 0 Å². The average Bonchev–Trinajstić information content (AvgIpc) is 3.30. The van der Waals surface area contributed by atoms with E-state index in [2.05, 4.69) is 25.9 Å². The van der Waals surface area contributed by atoms with E-state index in [0.717, 1.165) is 24.6 Å². The van der Waals surface area contributed by atoms with Crippen LogP contribution in [0.2, 0.25) is 0 Å². The van der Waals surface area contributed by atoms with Gasteiger partial charge in [0.05, 0.1) is 11.9 Å². The molecule has 0 bridgehead atoms. The molecule has 4 heterocycles. The molecule has 1 fully saturated rings. The van der Waals surface area contributed by atoms with Gasteiger partial charge in [-0.15, -0.1) is 0 Å². The number of rotatable bonds is 6. The Labute approximate surface area is 172 Å². The van der Waals surface area contributed by atoms with Crippen molar-refractivity contribution in [2.75, 3.05) is 18.5 Å². The van der Waals surface area contributed by atoms with Crippen molar-refractivity contribution in [2.45, 2.75) is 32.4 Å². The number of amides is 1. The molecule has 4 rings (SSSR count). The van der Waals surface area contributed by atoms with Crippen LogP contribution in [0.25, 0.3) is 11.4 Å². The first-order valence-corrected chi connectivity index (χ1v) is 9.75. The Morgan fingerprint density at radius 2 is 2.13 bits per heavy atom. The van der Waals surface area contributed by atoms with E-state index in [1.807, 2.05) is 0 Å². The van der Waals surface area contributed by atoms with Crippen molar-refractivity contribution in [3.8, 4) is 11.4 Å². The second kappa shape index (κ2) is 8.62. The summed E-state index contributed by atoms with van der Waals surface area (Å²) in [5, 5.41) is 14.6. The minimum atomic E-state index is -0.418. The molecule has 3 aromatic rings. The summed E-state index contributed by atoms with van der Waals surface area (Å²) in [6.07, 6.45) is 2.75. The summed E-state index contributed by atoms with van der Waals surface area (Å²) in [5.74, 6) is 0.589. The number of nitrogens with zero attached hydrogens (tertiary/aromatic N) is 4. The van der Waals surface area contributed by atoms with Crippen LogP contribution in [0, 0.1) is 12.7 Å². The Bertz CT molecular complexity index is 1020. The van der Waals surface area contributed by atoms with Crippen LogP contribution in [0.1, 0.15) is 34.7 Å². The summed E-state index contributed by atoms with van der Waals surface area (Å²) in [7, 11) is 1.72. The molecule has 30 heavy (non-hydrogen) atoms. The zero-order valence-corrected chi connectivity index (χ0v) is 16.8. The van der Waals surface area contributed by atoms with Gasteiger partial charge in [-0.1, -0.05) is 5.16 Å². The summed E-state index contributed by atoms with van der Waals surface area (Å²) >= 11 is 0. The maximum Gasteiger partial charge on any atom is 0.269 e. The molecule has 1 aliphatic heterocycles. The van der Waals surface area contributed by atoms with E-state index in [1.165, 1.54) is 6.07 Å². The highest BCUT2D eigenvalue weighted by atomic mass is 19.1. The molecule has 3 aromatic heterocycles. The molecule has 0 aliphatic carbocycles. The van der Waals surface area contributed by atoms with Gasteiger partial charge in [0.2, 0.25) is 0 Å². The van der Waals surface area contributed by atoms with Gasteiger partial charge in [0, 0.05) is 44.5 Å². The highest BCUT2D eigenvalue weighted by Gasteiger charge is 2.21. The van der Waals surface area contributed by atoms with E-state index >= 15 is 0 Å². The molecule has 158 valence electrons. The fourth-order valence-electron chi connectivity index (χ4n) is 3.36. The fourth-order valence-corrected chi connectivity index (χ4v) is 3.36. The molecule has 0 atom stereocenters. The third-order valence-electron chi connectivity index (χ3n) is 5.07. The predicted octanol–water partition coefficient (Wildman–Crippen LogP) is 2.44. The lowest BCUT2D eigenvalue weighted by molar-refractivity contribution is 0.0692. The number of nitrogens with one attached hydrogen (secondary N) is 2. The normalized spacial score (nSPS) is 14.6. The quantitative estimate of drug-likeness (QED) is 0.638.